The van der Waals surface area contributed by atoms with Gasteiger partial charge in [0.2, 0.25) is 0 Å². The molecule has 0 amide bonds. The quantitative estimate of drug-likeness (QED) is 0.543. The lowest BCUT2D eigenvalue weighted by Gasteiger charge is -2.04. The summed E-state index contributed by atoms with van der Waals surface area (Å²) >= 11 is 8.10. The molecule has 82 valence electrons. The number of halogens is 2. The lowest BCUT2D eigenvalue weighted by Crippen LogP contribution is -2.04. The molecule has 0 unspecified atom stereocenters. The van der Waals surface area contributed by atoms with Crippen molar-refractivity contribution in [2.45, 2.75) is 6.54 Å². The van der Waals surface area contributed by atoms with Gasteiger partial charge in [0.1, 0.15) is 27.0 Å². The highest BCUT2D eigenvalue weighted by atomic mass is 127. The lowest BCUT2D eigenvalue weighted by atomic mass is 10.2. The van der Waals surface area contributed by atoms with E-state index in [4.69, 9.17) is 16.3 Å². The van der Waals surface area contributed by atoms with E-state index in [9.17, 15) is 0 Å². The topological polar surface area (TPSA) is 39.9 Å². The molecule has 3 heterocycles. The Balaban J connectivity index is 2.27. The van der Waals surface area contributed by atoms with Crippen LogP contribution in [-0.4, -0.2) is 21.1 Å². The van der Waals surface area contributed by atoms with Crippen LogP contribution >= 0.6 is 34.2 Å². The summed E-state index contributed by atoms with van der Waals surface area (Å²) in [4.78, 5) is 8.49. The number of aromatic nitrogens is 3. The summed E-state index contributed by atoms with van der Waals surface area (Å²) in [5.74, 6) is 1.63. The van der Waals surface area contributed by atoms with Crippen LogP contribution in [0.5, 0.6) is 5.75 Å². The van der Waals surface area contributed by atoms with Gasteiger partial charge in [-0.05, 0) is 28.7 Å². The molecule has 0 aromatic carbocycles. The van der Waals surface area contributed by atoms with Crippen LogP contribution in [0.15, 0.2) is 18.5 Å². The van der Waals surface area contributed by atoms with Crippen molar-refractivity contribution < 1.29 is 4.74 Å². The number of pyridine rings is 1. The van der Waals surface area contributed by atoms with Crippen molar-refractivity contribution in [3.8, 4) is 17.1 Å². The van der Waals surface area contributed by atoms with Gasteiger partial charge in [0.25, 0.3) is 0 Å². The molecule has 0 fully saturated rings. The second-order valence-corrected chi connectivity index (χ2v) is 4.92. The smallest absolute Gasteiger partial charge is 0.148 e. The van der Waals surface area contributed by atoms with E-state index in [0.29, 0.717) is 11.8 Å². The van der Waals surface area contributed by atoms with E-state index in [0.717, 1.165) is 27.4 Å². The number of fused-ring (bicyclic) bond motifs is 3. The van der Waals surface area contributed by atoms with Crippen LogP contribution in [0.4, 0.5) is 0 Å². The van der Waals surface area contributed by atoms with Gasteiger partial charge >= 0.3 is 0 Å². The Morgan fingerprint density at radius 1 is 1.50 bits per heavy atom. The predicted molar refractivity (Wildman–Crippen MR) is 68.7 cm³/mol. The molecule has 2 aromatic heterocycles. The van der Waals surface area contributed by atoms with Crippen molar-refractivity contribution in [3.63, 3.8) is 0 Å². The first-order chi connectivity index (χ1) is 7.74. The first kappa shape index (κ1) is 10.3. The zero-order chi connectivity index (χ0) is 11.1. The summed E-state index contributed by atoms with van der Waals surface area (Å²) in [7, 11) is 0. The normalized spacial score (nSPS) is 13.6. The third-order valence-electron chi connectivity index (χ3n) is 2.41. The molecule has 6 heteroatoms. The average molecular weight is 348 g/mol. The average Bonchev–Trinajstić information content (AvgIpc) is 2.54. The number of ether oxygens (including phenoxy) is 1. The molecule has 4 nitrogen and oxygen atoms in total. The van der Waals surface area contributed by atoms with Gasteiger partial charge in [0.15, 0.2) is 0 Å². The molecular weight excluding hydrogens is 340 g/mol. The molecule has 0 aliphatic carbocycles. The monoisotopic (exact) mass is 347 g/mol. The predicted octanol–water partition coefficient (Wildman–Crippen LogP) is 2.60. The zero-order valence-corrected chi connectivity index (χ0v) is 11.1. The molecule has 0 atom stereocenters. The second kappa shape index (κ2) is 3.89. The zero-order valence-electron chi connectivity index (χ0n) is 8.15. The minimum Gasteiger partial charge on any atom is -0.489 e. The van der Waals surface area contributed by atoms with Crippen LogP contribution < -0.4 is 4.74 Å². The third kappa shape index (κ3) is 1.67. The fourth-order valence-electron chi connectivity index (χ4n) is 1.73. The summed E-state index contributed by atoms with van der Waals surface area (Å²) in [5, 5.41) is 0.453. The van der Waals surface area contributed by atoms with Gasteiger partial charge in [-0.3, -0.25) is 0 Å². The van der Waals surface area contributed by atoms with Crippen LogP contribution in [-0.2, 0) is 6.54 Å². The molecule has 0 bridgehead atoms. The van der Waals surface area contributed by atoms with E-state index in [1.165, 1.54) is 0 Å². The third-order valence-corrected chi connectivity index (χ3v) is 3.14. The van der Waals surface area contributed by atoms with Gasteiger partial charge < -0.3 is 9.30 Å². The molecule has 16 heavy (non-hydrogen) atoms. The highest BCUT2D eigenvalue weighted by Gasteiger charge is 2.18. The van der Waals surface area contributed by atoms with Gasteiger partial charge in [-0.15, -0.1) is 0 Å². The SMILES string of the molecule is Clc1cc2c(cn1)OCCn1cc(I)nc1-2. The largest absolute Gasteiger partial charge is 0.489 e. The number of imidazole rings is 1. The van der Waals surface area contributed by atoms with E-state index in [2.05, 4.69) is 37.1 Å². The minimum absolute atomic E-state index is 0.453. The van der Waals surface area contributed by atoms with Crippen molar-refractivity contribution in [1.29, 1.82) is 0 Å². The van der Waals surface area contributed by atoms with Gasteiger partial charge in [-0.25, -0.2) is 9.97 Å². The Kier molecular flexibility index (Phi) is 2.51. The highest BCUT2D eigenvalue weighted by molar-refractivity contribution is 14.1. The summed E-state index contributed by atoms with van der Waals surface area (Å²) < 4.78 is 8.64. The first-order valence-electron chi connectivity index (χ1n) is 4.75. The molecule has 0 saturated heterocycles. The van der Waals surface area contributed by atoms with Crippen LogP contribution in [0.1, 0.15) is 0 Å². The number of nitrogens with zero attached hydrogens (tertiary/aromatic N) is 3. The Morgan fingerprint density at radius 2 is 2.38 bits per heavy atom. The molecule has 0 saturated carbocycles. The summed E-state index contributed by atoms with van der Waals surface area (Å²) in [6.45, 7) is 1.41. The van der Waals surface area contributed by atoms with Crippen LogP contribution in [0.25, 0.3) is 11.4 Å². The Hall–Kier alpha value is -0.820. The van der Waals surface area contributed by atoms with E-state index >= 15 is 0 Å². The molecule has 2 aromatic rings. The maximum absolute atomic E-state index is 5.90. The van der Waals surface area contributed by atoms with E-state index in [1.54, 1.807) is 12.3 Å². The maximum Gasteiger partial charge on any atom is 0.148 e. The Bertz CT molecular complexity index is 555. The van der Waals surface area contributed by atoms with Crippen molar-refractivity contribution in [2.24, 2.45) is 0 Å². The van der Waals surface area contributed by atoms with Crippen molar-refractivity contribution in [3.05, 3.63) is 27.3 Å². The van der Waals surface area contributed by atoms with Crippen molar-refractivity contribution in [1.82, 2.24) is 14.5 Å². The van der Waals surface area contributed by atoms with Gasteiger partial charge in [0.05, 0.1) is 18.3 Å². The van der Waals surface area contributed by atoms with E-state index in [-0.39, 0.29) is 0 Å². The minimum atomic E-state index is 0.453. The molecule has 0 radical (unpaired) electrons. The summed E-state index contributed by atoms with van der Waals surface area (Å²) in [5.41, 5.74) is 0.903. The Morgan fingerprint density at radius 3 is 3.25 bits per heavy atom. The molecular formula is C10H7ClIN3O. The highest BCUT2D eigenvalue weighted by Crippen LogP contribution is 2.32. The molecule has 1 aliphatic heterocycles. The second-order valence-electron chi connectivity index (χ2n) is 3.43. The fourth-order valence-corrected chi connectivity index (χ4v) is 2.45. The van der Waals surface area contributed by atoms with Crippen LogP contribution in [0, 0.1) is 3.70 Å². The van der Waals surface area contributed by atoms with Crippen LogP contribution in [0.3, 0.4) is 0 Å². The Labute approximate surface area is 111 Å². The standard InChI is InChI=1S/C10H7ClIN3O/c11-8-3-6-7(4-13-8)16-2-1-15-5-9(12)14-10(6)15/h3-5H,1-2H2. The molecule has 1 aliphatic rings. The number of hydrogen-bond donors (Lipinski definition) is 0. The lowest BCUT2D eigenvalue weighted by molar-refractivity contribution is 0.305. The summed E-state index contributed by atoms with van der Waals surface area (Å²) in [6, 6.07) is 1.79. The molecule has 0 N–H and O–H groups in total. The first-order valence-corrected chi connectivity index (χ1v) is 6.21. The van der Waals surface area contributed by atoms with Gasteiger partial charge in [0, 0.05) is 6.20 Å². The van der Waals surface area contributed by atoms with Gasteiger partial charge in [-0.1, -0.05) is 11.6 Å². The molecule has 3 rings (SSSR count). The number of hydrogen-bond acceptors (Lipinski definition) is 3. The summed E-state index contributed by atoms with van der Waals surface area (Å²) in [6.07, 6.45) is 3.65. The fraction of sp³-hybridized carbons (Fsp3) is 0.200. The number of rotatable bonds is 0. The molecule has 0 spiro atoms. The van der Waals surface area contributed by atoms with Crippen LogP contribution in [0.2, 0.25) is 5.15 Å². The van der Waals surface area contributed by atoms with E-state index in [1.807, 2.05) is 6.20 Å². The van der Waals surface area contributed by atoms with Crippen molar-refractivity contribution in [2.75, 3.05) is 6.61 Å². The maximum atomic E-state index is 5.90. The van der Waals surface area contributed by atoms with Crippen molar-refractivity contribution >= 4 is 34.2 Å². The van der Waals surface area contributed by atoms with Gasteiger partial charge in [-0.2, -0.15) is 0 Å². The van der Waals surface area contributed by atoms with E-state index < -0.39 is 0 Å².